The lowest BCUT2D eigenvalue weighted by Gasteiger charge is -2.21. The molecule has 0 heterocycles. The summed E-state index contributed by atoms with van der Waals surface area (Å²) in [5.74, 6) is 0. The Balaban J connectivity index is 2.40. The van der Waals surface area contributed by atoms with E-state index in [0.717, 1.165) is 12.1 Å². The molecule has 4 aromatic carbocycles. The Labute approximate surface area is 174 Å². The predicted molar refractivity (Wildman–Crippen MR) is 114 cm³/mol. The highest BCUT2D eigenvalue weighted by atomic mass is 19.4. The van der Waals surface area contributed by atoms with Crippen LogP contribution in [0, 0.1) is 6.92 Å². The monoisotopic (exact) mass is 432 g/mol. The lowest BCUT2D eigenvalue weighted by molar-refractivity contribution is -0.138. The van der Waals surface area contributed by atoms with Crippen molar-refractivity contribution < 1.29 is 26.3 Å². The minimum atomic E-state index is -4.59. The second kappa shape index (κ2) is 6.74. The van der Waals surface area contributed by atoms with Crippen LogP contribution in [0.5, 0.6) is 0 Å². The summed E-state index contributed by atoms with van der Waals surface area (Å²) < 4.78 is 82.6. The first-order chi connectivity index (χ1) is 14.4. The van der Waals surface area contributed by atoms with Gasteiger partial charge in [0.05, 0.1) is 11.1 Å². The number of halogens is 6. The van der Waals surface area contributed by atoms with E-state index >= 15 is 0 Å². The summed E-state index contributed by atoms with van der Waals surface area (Å²) in [6.07, 6.45) is -7.49. The summed E-state index contributed by atoms with van der Waals surface area (Å²) in [5, 5.41) is 2.73. The summed E-state index contributed by atoms with van der Waals surface area (Å²) in [7, 11) is 0. The zero-order chi connectivity index (χ0) is 22.9. The van der Waals surface area contributed by atoms with Crippen LogP contribution in [-0.2, 0) is 12.4 Å². The smallest absolute Gasteiger partial charge is 0.166 e. The van der Waals surface area contributed by atoms with Crippen molar-refractivity contribution >= 4 is 44.0 Å². The van der Waals surface area contributed by atoms with Crippen LogP contribution in [0.4, 0.5) is 26.3 Å². The summed E-state index contributed by atoms with van der Waals surface area (Å²) >= 11 is 0. The van der Waals surface area contributed by atoms with Gasteiger partial charge in [-0.15, -0.1) is 0 Å². The Morgan fingerprint density at radius 3 is 1.77 bits per heavy atom. The molecule has 6 heteroatoms. The van der Waals surface area contributed by atoms with Gasteiger partial charge in [-0.25, -0.2) is 0 Å². The minimum absolute atomic E-state index is 0.0302. The Morgan fingerprint density at radius 2 is 1.26 bits per heavy atom. The van der Waals surface area contributed by atoms with Gasteiger partial charge in [0.25, 0.3) is 0 Å². The molecule has 0 fully saturated rings. The number of fused-ring (bicyclic) bond motifs is 2. The third kappa shape index (κ3) is 3.08. The van der Waals surface area contributed by atoms with Crippen molar-refractivity contribution in [3.63, 3.8) is 0 Å². The van der Waals surface area contributed by atoms with Gasteiger partial charge in [-0.1, -0.05) is 36.9 Å². The summed E-state index contributed by atoms with van der Waals surface area (Å²) in [6, 6.07) is 7.97. The summed E-state index contributed by atoms with van der Waals surface area (Å²) in [5.41, 5.74) is -0.896. The van der Waals surface area contributed by atoms with Gasteiger partial charge in [0, 0.05) is 0 Å². The third-order valence-electron chi connectivity index (χ3n) is 5.75. The van der Waals surface area contributed by atoms with Crippen LogP contribution < -0.4 is 5.22 Å². The zero-order valence-corrected chi connectivity index (χ0v) is 17.0. The third-order valence-corrected chi connectivity index (χ3v) is 5.75. The van der Waals surface area contributed by atoms with Gasteiger partial charge in [0.15, 0.2) is 0 Å². The van der Waals surface area contributed by atoms with Crippen molar-refractivity contribution in [2.24, 2.45) is 0 Å². The fourth-order valence-corrected chi connectivity index (χ4v) is 4.57. The van der Waals surface area contributed by atoms with Crippen molar-refractivity contribution in [2.45, 2.75) is 33.1 Å². The molecule has 0 atom stereocenters. The van der Waals surface area contributed by atoms with Crippen LogP contribution in [-0.4, -0.2) is 0 Å². The molecule has 0 unspecified atom stereocenters. The number of rotatable bonds is 1. The molecular formula is C25H18F6. The summed E-state index contributed by atoms with van der Waals surface area (Å²) in [4.78, 5) is 0. The molecule has 31 heavy (non-hydrogen) atoms. The van der Waals surface area contributed by atoms with Crippen LogP contribution in [0.1, 0.15) is 36.1 Å². The molecule has 4 aromatic rings. The molecule has 160 valence electrons. The average Bonchev–Trinajstić information content (AvgIpc) is 2.67. The van der Waals surface area contributed by atoms with Gasteiger partial charge in [0.2, 0.25) is 0 Å². The molecule has 0 saturated heterocycles. The van der Waals surface area contributed by atoms with E-state index < -0.39 is 23.5 Å². The van der Waals surface area contributed by atoms with Gasteiger partial charge < -0.3 is 0 Å². The second-order valence-electron chi connectivity index (χ2n) is 7.73. The van der Waals surface area contributed by atoms with E-state index in [1.807, 2.05) is 0 Å². The van der Waals surface area contributed by atoms with Crippen LogP contribution in [0.15, 0.2) is 43.0 Å². The van der Waals surface area contributed by atoms with Gasteiger partial charge in [-0.3, -0.25) is 0 Å². The van der Waals surface area contributed by atoms with E-state index in [1.165, 1.54) is 19.1 Å². The molecule has 0 radical (unpaired) electrons. The normalized spacial score (nSPS) is 13.6. The van der Waals surface area contributed by atoms with Crippen LogP contribution >= 0.6 is 0 Å². The van der Waals surface area contributed by atoms with Crippen molar-refractivity contribution in [1.82, 2.24) is 0 Å². The first-order valence-electron chi connectivity index (χ1n) is 9.59. The predicted octanol–water partition coefficient (Wildman–Crippen LogP) is 8.04. The Kier molecular flexibility index (Phi) is 4.61. The first kappa shape index (κ1) is 21.2. The number of hydrogen-bond acceptors (Lipinski definition) is 0. The molecule has 0 saturated carbocycles. The lowest BCUT2D eigenvalue weighted by atomic mass is 9.85. The number of allylic oxidation sites excluding steroid dienone is 1. The van der Waals surface area contributed by atoms with E-state index in [1.54, 1.807) is 32.1 Å². The standard InChI is InChI=1S/C25H18F6/c1-5-14-15-7-6-13(4)21-19(25(29,30)31)11-9-17(23(15)21)16-8-10-18(24(26,27)28)20(12(2)3)22(14)16/h5-11H,2H2,1,3-4H3. The van der Waals surface area contributed by atoms with E-state index in [9.17, 15) is 26.3 Å². The fourth-order valence-electron chi connectivity index (χ4n) is 4.57. The molecule has 0 nitrogen and oxygen atoms in total. The molecule has 0 aliphatic heterocycles. The minimum Gasteiger partial charge on any atom is -0.166 e. The van der Waals surface area contributed by atoms with E-state index in [0.29, 0.717) is 37.7 Å². The molecule has 0 spiro atoms. The largest absolute Gasteiger partial charge is 0.417 e. The van der Waals surface area contributed by atoms with Crippen molar-refractivity contribution in [3.8, 4) is 0 Å². The molecule has 0 aromatic heterocycles. The number of hydrogen-bond donors (Lipinski definition) is 0. The maximum atomic E-state index is 13.8. The lowest BCUT2D eigenvalue weighted by Crippen LogP contribution is -2.14. The highest BCUT2D eigenvalue weighted by molar-refractivity contribution is 6.24. The molecular weight excluding hydrogens is 414 g/mol. The van der Waals surface area contributed by atoms with Gasteiger partial charge >= 0.3 is 12.4 Å². The Morgan fingerprint density at radius 1 is 0.742 bits per heavy atom. The fraction of sp³-hybridized carbons (Fsp3) is 0.200. The second-order valence-corrected chi connectivity index (χ2v) is 7.73. The van der Waals surface area contributed by atoms with E-state index in [4.69, 9.17) is 0 Å². The maximum absolute atomic E-state index is 13.8. The molecule has 0 aliphatic rings. The quantitative estimate of drug-likeness (QED) is 0.162. The van der Waals surface area contributed by atoms with Crippen molar-refractivity contribution in [2.75, 3.05) is 0 Å². The molecule has 4 rings (SSSR count). The Hall–Kier alpha value is -3.02. The van der Waals surface area contributed by atoms with Crippen molar-refractivity contribution in [1.29, 1.82) is 0 Å². The van der Waals surface area contributed by atoms with Gasteiger partial charge in [0.1, 0.15) is 0 Å². The number of benzene rings is 4. The number of alkyl halides is 6. The van der Waals surface area contributed by atoms with Crippen LogP contribution in [0.2, 0.25) is 0 Å². The van der Waals surface area contributed by atoms with Gasteiger partial charge in [-0.2, -0.15) is 26.3 Å². The molecule has 0 aliphatic carbocycles. The molecule has 0 N–H and O–H groups in total. The highest BCUT2D eigenvalue weighted by Gasteiger charge is 2.36. The molecule has 0 amide bonds. The summed E-state index contributed by atoms with van der Waals surface area (Å²) in [6.45, 7) is 8.55. The van der Waals surface area contributed by atoms with Gasteiger partial charge in [-0.05, 0) is 87.1 Å². The topological polar surface area (TPSA) is 0 Å². The van der Waals surface area contributed by atoms with E-state index in [2.05, 4.69) is 6.58 Å². The maximum Gasteiger partial charge on any atom is 0.417 e. The zero-order valence-electron chi connectivity index (χ0n) is 17.0. The van der Waals surface area contributed by atoms with Crippen LogP contribution in [0.3, 0.4) is 0 Å². The number of aryl methyl sites for hydroxylation is 1. The molecule has 0 bridgehead atoms. The average molecular weight is 432 g/mol. The van der Waals surface area contributed by atoms with Crippen LogP contribution in [0.25, 0.3) is 44.0 Å². The highest BCUT2D eigenvalue weighted by Crippen LogP contribution is 2.44. The van der Waals surface area contributed by atoms with Crippen molar-refractivity contribution in [3.05, 3.63) is 70.4 Å². The van der Waals surface area contributed by atoms with E-state index in [-0.39, 0.29) is 16.5 Å². The SMILES string of the molecule is C=C(C)c1c(C(F)(F)F)ccc2c1c(=CC)c1ccc(C)c3c(C(F)(F)F)ccc2c31. The Bertz CT molecular complexity index is 1440. The first-order valence-corrected chi connectivity index (χ1v) is 9.59.